The van der Waals surface area contributed by atoms with Crippen molar-refractivity contribution in [3.63, 3.8) is 0 Å². The maximum Gasteiger partial charge on any atom is 0.0706 e. The van der Waals surface area contributed by atoms with E-state index < -0.39 is 0 Å². The van der Waals surface area contributed by atoms with Gasteiger partial charge in [-0.05, 0) is 54.6 Å². The van der Waals surface area contributed by atoms with Crippen molar-refractivity contribution in [2.24, 2.45) is 0 Å². The first-order valence-electron chi connectivity index (χ1n) is 5.51. The molecule has 1 aliphatic rings. The molecular weight excluding hydrogens is 308 g/mol. The lowest BCUT2D eigenvalue weighted by Gasteiger charge is -2.41. The lowest BCUT2D eigenvalue weighted by molar-refractivity contribution is -0.0778. The van der Waals surface area contributed by atoms with Crippen LogP contribution in [0.1, 0.15) is 40.8 Å². The van der Waals surface area contributed by atoms with E-state index in [1.165, 1.54) is 20.6 Å². The van der Waals surface area contributed by atoms with Gasteiger partial charge in [-0.1, -0.05) is 0 Å². The van der Waals surface area contributed by atoms with E-state index >= 15 is 0 Å². The quantitative estimate of drug-likeness (QED) is 0.704. The summed E-state index contributed by atoms with van der Waals surface area (Å²) in [4.78, 5) is 2.54. The SMILES string of the molecule is COC1(CC(Cl)c2cc(Br)c(C)s2)CCC1. The van der Waals surface area contributed by atoms with Crippen molar-refractivity contribution in [1.29, 1.82) is 0 Å². The maximum absolute atomic E-state index is 6.48. The van der Waals surface area contributed by atoms with Crippen LogP contribution in [0.25, 0.3) is 0 Å². The monoisotopic (exact) mass is 322 g/mol. The van der Waals surface area contributed by atoms with Crippen molar-refractivity contribution in [3.8, 4) is 0 Å². The standard InChI is InChI=1S/C12H16BrClOS/c1-8-9(13)6-11(16-8)10(14)7-12(15-2)4-3-5-12/h6,10H,3-5,7H2,1-2H3. The summed E-state index contributed by atoms with van der Waals surface area (Å²) in [6.45, 7) is 2.11. The Bertz CT molecular complexity index is 348. The number of aryl methyl sites for hydroxylation is 1. The third-order valence-electron chi connectivity index (χ3n) is 3.43. The predicted molar refractivity (Wildman–Crippen MR) is 73.6 cm³/mol. The normalized spacial score (nSPS) is 20.5. The summed E-state index contributed by atoms with van der Waals surface area (Å²) >= 11 is 11.8. The van der Waals surface area contributed by atoms with Crippen LogP contribution in [0.2, 0.25) is 0 Å². The minimum atomic E-state index is 0.0524. The topological polar surface area (TPSA) is 9.23 Å². The molecule has 4 heteroatoms. The van der Waals surface area contributed by atoms with E-state index in [0.29, 0.717) is 0 Å². The van der Waals surface area contributed by atoms with Crippen molar-refractivity contribution in [1.82, 2.24) is 0 Å². The second-order valence-electron chi connectivity index (χ2n) is 4.47. The highest BCUT2D eigenvalue weighted by Crippen LogP contribution is 2.45. The van der Waals surface area contributed by atoms with Gasteiger partial charge in [-0.3, -0.25) is 0 Å². The minimum Gasteiger partial charge on any atom is -0.378 e. The van der Waals surface area contributed by atoms with Gasteiger partial charge in [-0.15, -0.1) is 22.9 Å². The van der Waals surface area contributed by atoms with Crippen LogP contribution in [0.3, 0.4) is 0 Å². The molecule has 1 aromatic heterocycles. The van der Waals surface area contributed by atoms with Gasteiger partial charge < -0.3 is 4.74 Å². The Kier molecular flexibility index (Phi) is 4.00. The summed E-state index contributed by atoms with van der Waals surface area (Å²) in [6.07, 6.45) is 4.50. The molecule has 1 aliphatic carbocycles. The number of hydrogen-bond donors (Lipinski definition) is 0. The van der Waals surface area contributed by atoms with Crippen molar-refractivity contribution >= 4 is 38.9 Å². The predicted octanol–water partition coefficient (Wildman–Crippen LogP) is 5.06. The van der Waals surface area contributed by atoms with Gasteiger partial charge in [-0.2, -0.15) is 0 Å². The molecule has 2 rings (SSSR count). The molecule has 1 heterocycles. The van der Waals surface area contributed by atoms with Gasteiger partial charge >= 0.3 is 0 Å². The van der Waals surface area contributed by atoms with Gasteiger partial charge in [0.25, 0.3) is 0 Å². The van der Waals surface area contributed by atoms with Crippen molar-refractivity contribution in [2.45, 2.75) is 43.6 Å². The Morgan fingerprint density at radius 3 is 2.69 bits per heavy atom. The summed E-state index contributed by atoms with van der Waals surface area (Å²) in [7, 11) is 1.80. The number of hydrogen-bond acceptors (Lipinski definition) is 2. The number of thiophene rings is 1. The van der Waals surface area contributed by atoms with Crippen LogP contribution < -0.4 is 0 Å². The van der Waals surface area contributed by atoms with E-state index in [1.54, 1.807) is 18.4 Å². The first-order valence-corrected chi connectivity index (χ1v) is 7.56. The lowest BCUT2D eigenvalue weighted by Crippen LogP contribution is -2.39. The van der Waals surface area contributed by atoms with E-state index in [2.05, 4.69) is 28.9 Å². The third-order valence-corrected chi connectivity index (χ3v) is 6.20. The summed E-state index contributed by atoms with van der Waals surface area (Å²) in [5.41, 5.74) is 0.0524. The van der Waals surface area contributed by atoms with E-state index in [4.69, 9.17) is 16.3 Å². The van der Waals surface area contributed by atoms with E-state index in [-0.39, 0.29) is 11.0 Å². The molecule has 1 nitrogen and oxygen atoms in total. The second kappa shape index (κ2) is 4.97. The van der Waals surface area contributed by atoms with Gasteiger partial charge in [0.05, 0.1) is 11.0 Å². The van der Waals surface area contributed by atoms with Crippen LogP contribution >= 0.6 is 38.9 Å². The molecule has 0 aromatic carbocycles. The average molecular weight is 324 g/mol. The Morgan fingerprint density at radius 1 is 1.62 bits per heavy atom. The largest absolute Gasteiger partial charge is 0.378 e. The minimum absolute atomic E-state index is 0.0524. The van der Waals surface area contributed by atoms with Gasteiger partial charge in [0.15, 0.2) is 0 Å². The fourth-order valence-electron chi connectivity index (χ4n) is 2.13. The Balaban J connectivity index is 2.05. The molecule has 16 heavy (non-hydrogen) atoms. The smallest absolute Gasteiger partial charge is 0.0706 e. The van der Waals surface area contributed by atoms with Crippen LogP contribution in [0, 0.1) is 6.92 Å². The molecule has 0 radical (unpaired) electrons. The third kappa shape index (κ3) is 2.47. The average Bonchev–Trinajstić information content (AvgIpc) is 2.53. The zero-order valence-electron chi connectivity index (χ0n) is 9.56. The zero-order chi connectivity index (χ0) is 11.8. The molecule has 0 aliphatic heterocycles. The van der Waals surface area contributed by atoms with Crippen molar-refractivity contribution in [2.75, 3.05) is 7.11 Å². The molecule has 1 unspecified atom stereocenters. The van der Waals surface area contributed by atoms with E-state index in [9.17, 15) is 0 Å². The highest BCUT2D eigenvalue weighted by molar-refractivity contribution is 9.10. The summed E-state index contributed by atoms with van der Waals surface area (Å²) in [5, 5.41) is 0.0789. The fraction of sp³-hybridized carbons (Fsp3) is 0.667. The molecule has 0 spiro atoms. The fourth-order valence-corrected chi connectivity index (χ4v) is 4.14. The van der Waals surface area contributed by atoms with Crippen LogP contribution in [-0.2, 0) is 4.74 Å². The van der Waals surface area contributed by atoms with E-state index in [0.717, 1.165) is 19.3 Å². The Labute approximate surface area is 114 Å². The van der Waals surface area contributed by atoms with Gasteiger partial charge in [0, 0.05) is 21.3 Å². The van der Waals surface area contributed by atoms with Crippen LogP contribution in [-0.4, -0.2) is 12.7 Å². The van der Waals surface area contributed by atoms with Crippen molar-refractivity contribution < 1.29 is 4.74 Å². The van der Waals surface area contributed by atoms with E-state index in [1.807, 2.05) is 0 Å². The summed E-state index contributed by atoms with van der Waals surface area (Å²) in [6, 6.07) is 2.14. The van der Waals surface area contributed by atoms with Gasteiger partial charge in [0.1, 0.15) is 0 Å². The number of halogens is 2. The Hall–Kier alpha value is 0.430. The summed E-state index contributed by atoms with van der Waals surface area (Å²) < 4.78 is 6.78. The molecule has 0 N–H and O–H groups in total. The number of methoxy groups -OCH3 is 1. The first kappa shape index (κ1) is 12.9. The molecule has 1 fully saturated rings. The number of rotatable bonds is 4. The van der Waals surface area contributed by atoms with Crippen molar-refractivity contribution in [3.05, 3.63) is 20.3 Å². The zero-order valence-corrected chi connectivity index (χ0v) is 12.7. The lowest BCUT2D eigenvalue weighted by atomic mass is 9.76. The molecule has 1 saturated carbocycles. The van der Waals surface area contributed by atoms with Crippen LogP contribution in [0.5, 0.6) is 0 Å². The highest BCUT2D eigenvalue weighted by Gasteiger charge is 2.39. The number of alkyl halides is 1. The van der Waals surface area contributed by atoms with Gasteiger partial charge in [0.2, 0.25) is 0 Å². The second-order valence-corrected chi connectivity index (χ2v) is 7.13. The first-order chi connectivity index (χ1) is 7.56. The molecule has 0 bridgehead atoms. The Morgan fingerprint density at radius 2 is 2.31 bits per heavy atom. The highest BCUT2D eigenvalue weighted by atomic mass is 79.9. The van der Waals surface area contributed by atoms with Crippen LogP contribution in [0.4, 0.5) is 0 Å². The molecule has 1 aromatic rings. The molecular formula is C12H16BrClOS. The summed E-state index contributed by atoms with van der Waals surface area (Å²) in [5.74, 6) is 0. The molecule has 0 amide bonds. The molecule has 1 atom stereocenters. The van der Waals surface area contributed by atoms with Crippen LogP contribution in [0.15, 0.2) is 10.5 Å². The maximum atomic E-state index is 6.48. The van der Waals surface area contributed by atoms with Gasteiger partial charge in [-0.25, -0.2) is 0 Å². The molecule has 0 saturated heterocycles. The number of ether oxygens (including phenoxy) is 1. The molecule has 90 valence electrons.